The summed E-state index contributed by atoms with van der Waals surface area (Å²) in [4.78, 5) is 22.7. The Labute approximate surface area is 153 Å². The molecule has 0 rings (SSSR count). The molecule has 6 nitrogen and oxygen atoms in total. The van der Waals surface area contributed by atoms with Crippen LogP contribution in [0.5, 0.6) is 0 Å². The van der Waals surface area contributed by atoms with Gasteiger partial charge in [-0.15, -0.1) is 24.0 Å². The van der Waals surface area contributed by atoms with Crippen LogP contribution in [0, 0.1) is 0 Å². The Morgan fingerprint density at radius 2 is 1.64 bits per heavy atom. The molecule has 0 radical (unpaired) electrons. The summed E-state index contributed by atoms with van der Waals surface area (Å²) in [7, 11) is 3.99. The van der Waals surface area contributed by atoms with Crippen molar-refractivity contribution >= 4 is 35.8 Å². The topological polar surface area (TPSA) is 51.2 Å². The number of hydrogen-bond acceptors (Lipinski definition) is 3. The molecule has 0 unspecified atom stereocenters. The Kier molecular flexibility index (Phi) is 15.1. The largest absolute Gasteiger partial charge is 0.357 e. The number of aliphatic imine (C=N–C) groups is 1. The molecule has 0 spiro atoms. The van der Waals surface area contributed by atoms with E-state index in [0.717, 1.165) is 45.2 Å². The van der Waals surface area contributed by atoms with Crippen LogP contribution in [0.25, 0.3) is 0 Å². The Morgan fingerprint density at radius 3 is 2.09 bits per heavy atom. The van der Waals surface area contributed by atoms with Crippen molar-refractivity contribution in [3.05, 3.63) is 0 Å². The lowest BCUT2D eigenvalue weighted by atomic mass is 10.4. The summed E-state index contributed by atoms with van der Waals surface area (Å²) in [6.07, 6.45) is 0. The normalized spacial score (nSPS) is 11.1. The number of halogens is 1. The van der Waals surface area contributed by atoms with E-state index in [1.54, 1.807) is 0 Å². The van der Waals surface area contributed by atoms with Crippen molar-refractivity contribution < 1.29 is 4.79 Å². The van der Waals surface area contributed by atoms with Crippen molar-refractivity contribution in [2.45, 2.75) is 27.7 Å². The highest BCUT2D eigenvalue weighted by atomic mass is 127. The summed E-state index contributed by atoms with van der Waals surface area (Å²) >= 11 is 0. The molecule has 7 heteroatoms. The van der Waals surface area contributed by atoms with Gasteiger partial charge in [0, 0.05) is 33.2 Å². The Bertz CT molecular complexity index is 321. The highest BCUT2D eigenvalue weighted by Gasteiger charge is 2.14. The zero-order chi connectivity index (χ0) is 16.3. The first kappa shape index (κ1) is 23.7. The second-order valence-electron chi connectivity index (χ2n) is 5.05. The molecule has 0 aromatic heterocycles. The highest BCUT2D eigenvalue weighted by molar-refractivity contribution is 14.0. The van der Waals surface area contributed by atoms with Crippen LogP contribution in [-0.4, -0.2) is 86.5 Å². The van der Waals surface area contributed by atoms with E-state index in [1.807, 2.05) is 37.6 Å². The highest BCUT2D eigenvalue weighted by Crippen LogP contribution is 1.94. The average molecular weight is 427 g/mol. The predicted molar refractivity (Wildman–Crippen MR) is 105 cm³/mol. The van der Waals surface area contributed by atoms with Crippen molar-refractivity contribution in [1.82, 2.24) is 20.0 Å². The number of amides is 1. The number of hydrogen-bond donors (Lipinski definition) is 1. The molecule has 0 aliphatic carbocycles. The zero-order valence-electron chi connectivity index (χ0n) is 15.1. The van der Waals surface area contributed by atoms with E-state index in [2.05, 4.69) is 29.2 Å². The average Bonchev–Trinajstić information content (AvgIpc) is 2.47. The van der Waals surface area contributed by atoms with Crippen molar-refractivity contribution in [3.8, 4) is 0 Å². The Balaban J connectivity index is 0. The van der Waals surface area contributed by atoms with Gasteiger partial charge in [0.2, 0.25) is 5.91 Å². The first-order chi connectivity index (χ1) is 9.99. The van der Waals surface area contributed by atoms with Gasteiger partial charge in [-0.3, -0.25) is 9.79 Å². The second kappa shape index (κ2) is 14.0. The molecule has 0 saturated carbocycles. The maximum absolute atomic E-state index is 12.1. The molecular weight excluding hydrogens is 393 g/mol. The fourth-order valence-corrected chi connectivity index (χ4v) is 1.91. The lowest BCUT2D eigenvalue weighted by molar-refractivity contribution is -0.131. The van der Waals surface area contributed by atoms with Crippen LogP contribution < -0.4 is 5.32 Å². The number of nitrogens with one attached hydrogen (secondary N) is 1. The van der Waals surface area contributed by atoms with Gasteiger partial charge in [-0.1, -0.05) is 6.92 Å². The van der Waals surface area contributed by atoms with Gasteiger partial charge >= 0.3 is 0 Å². The first-order valence-electron chi connectivity index (χ1n) is 7.95. The number of carbonyl (C=O) groups is 1. The van der Waals surface area contributed by atoms with E-state index in [-0.39, 0.29) is 29.9 Å². The smallest absolute Gasteiger partial charge is 0.242 e. The monoisotopic (exact) mass is 427 g/mol. The third kappa shape index (κ3) is 9.45. The number of likely N-dealkylation sites (N-methyl/N-ethyl adjacent to an activating group) is 3. The minimum absolute atomic E-state index is 0. The lowest BCUT2D eigenvalue weighted by Crippen LogP contribution is -2.45. The number of rotatable bonds is 9. The van der Waals surface area contributed by atoms with Crippen LogP contribution in [0.15, 0.2) is 4.99 Å². The van der Waals surface area contributed by atoms with Gasteiger partial charge in [-0.05, 0) is 34.4 Å². The van der Waals surface area contributed by atoms with Gasteiger partial charge in [-0.25, -0.2) is 0 Å². The van der Waals surface area contributed by atoms with E-state index in [1.165, 1.54) is 0 Å². The molecule has 22 heavy (non-hydrogen) atoms. The number of guanidine groups is 1. The van der Waals surface area contributed by atoms with E-state index >= 15 is 0 Å². The standard InChI is InChI=1S/C15H33N5O.HI/c1-7-16-15(17-11-12-18(5)8-2)19(6)13-14(21)20(9-3)10-4;/h7-13H2,1-6H3,(H,16,17);1H. The van der Waals surface area contributed by atoms with Crippen molar-refractivity contribution in [2.24, 2.45) is 4.99 Å². The third-order valence-corrected chi connectivity index (χ3v) is 3.47. The molecule has 132 valence electrons. The molecular formula is C15H34IN5O. The van der Waals surface area contributed by atoms with Crippen molar-refractivity contribution in [2.75, 3.05) is 59.9 Å². The molecule has 0 fully saturated rings. The van der Waals surface area contributed by atoms with Gasteiger partial charge in [0.05, 0.1) is 13.1 Å². The molecule has 0 aromatic rings. The molecule has 0 aliphatic heterocycles. The molecule has 1 N–H and O–H groups in total. The summed E-state index contributed by atoms with van der Waals surface area (Å²) < 4.78 is 0. The van der Waals surface area contributed by atoms with Gasteiger partial charge in [-0.2, -0.15) is 0 Å². The van der Waals surface area contributed by atoms with E-state index < -0.39 is 0 Å². The van der Waals surface area contributed by atoms with Crippen LogP contribution in [0.1, 0.15) is 27.7 Å². The molecule has 0 saturated heterocycles. The van der Waals surface area contributed by atoms with E-state index in [9.17, 15) is 4.79 Å². The van der Waals surface area contributed by atoms with Gasteiger partial charge < -0.3 is 20.0 Å². The SMILES string of the molecule is CCNC(=NCCN(C)CC)N(C)CC(=O)N(CC)CC.I. The van der Waals surface area contributed by atoms with Crippen LogP contribution in [0.4, 0.5) is 0 Å². The summed E-state index contributed by atoms with van der Waals surface area (Å²) in [6, 6.07) is 0. The number of nitrogens with zero attached hydrogens (tertiary/aromatic N) is 4. The molecule has 0 aliphatic rings. The zero-order valence-corrected chi connectivity index (χ0v) is 17.4. The third-order valence-electron chi connectivity index (χ3n) is 3.47. The molecule has 0 aromatic carbocycles. The van der Waals surface area contributed by atoms with Gasteiger partial charge in [0.25, 0.3) is 0 Å². The van der Waals surface area contributed by atoms with Gasteiger partial charge in [0.1, 0.15) is 0 Å². The molecule has 0 atom stereocenters. The van der Waals surface area contributed by atoms with E-state index in [0.29, 0.717) is 6.54 Å². The molecule has 1 amide bonds. The minimum Gasteiger partial charge on any atom is -0.357 e. The predicted octanol–water partition coefficient (Wildman–Crippen LogP) is 1.32. The Morgan fingerprint density at radius 1 is 1.05 bits per heavy atom. The molecule has 0 bridgehead atoms. The second-order valence-corrected chi connectivity index (χ2v) is 5.05. The lowest BCUT2D eigenvalue weighted by Gasteiger charge is -2.25. The summed E-state index contributed by atoms with van der Waals surface area (Å²) in [6.45, 7) is 13.5. The van der Waals surface area contributed by atoms with Crippen LogP contribution in [0.2, 0.25) is 0 Å². The first-order valence-corrected chi connectivity index (χ1v) is 7.95. The van der Waals surface area contributed by atoms with Crippen LogP contribution in [-0.2, 0) is 4.79 Å². The summed E-state index contributed by atoms with van der Waals surface area (Å²) in [5.74, 6) is 0.932. The van der Waals surface area contributed by atoms with Crippen LogP contribution >= 0.6 is 24.0 Å². The fraction of sp³-hybridized carbons (Fsp3) is 0.867. The maximum Gasteiger partial charge on any atom is 0.242 e. The van der Waals surface area contributed by atoms with Crippen molar-refractivity contribution in [3.63, 3.8) is 0 Å². The quantitative estimate of drug-likeness (QED) is 0.343. The Hall–Kier alpha value is -0.570. The minimum atomic E-state index is 0. The molecule has 0 heterocycles. The number of carbonyl (C=O) groups excluding carboxylic acids is 1. The van der Waals surface area contributed by atoms with E-state index in [4.69, 9.17) is 0 Å². The summed E-state index contributed by atoms with van der Waals surface area (Å²) in [5.41, 5.74) is 0. The van der Waals surface area contributed by atoms with Crippen LogP contribution in [0.3, 0.4) is 0 Å². The van der Waals surface area contributed by atoms with Crippen molar-refractivity contribution in [1.29, 1.82) is 0 Å². The fourth-order valence-electron chi connectivity index (χ4n) is 1.91. The van der Waals surface area contributed by atoms with Gasteiger partial charge in [0.15, 0.2) is 5.96 Å². The summed E-state index contributed by atoms with van der Waals surface area (Å²) in [5, 5.41) is 3.24. The maximum atomic E-state index is 12.1.